The molecule has 1 fully saturated rings. The van der Waals surface area contributed by atoms with Gasteiger partial charge < -0.3 is 4.90 Å². The zero-order valence-electron chi connectivity index (χ0n) is 33.3. The third kappa shape index (κ3) is 5.59. The van der Waals surface area contributed by atoms with E-state index in [1.54, 1.807) is 0 Å². The van der Waals surface area contributed by atoms with Crippen molar-refractivity contribution < 1.29 is 0 Å². The Kier molecular flexibility index (Phi) is 8.33. The van der Waals surface area contributed by atoms with Crippen LogP contribution in [0.1, 0.15) is 61.3 Å². The molecule has 58 heavy (non-hydrogen) atoms. The van der Waals surface area contributed by atoms with Crippen molar-refractivity contribution >= 4 is 17.1 Å². The second kappa shape index (κ2) is 13.9. The van der Waals surface area contributed by atoms with Crippen LogP contribution in [0.3, 0.4) is 0 Å². The summed E-state index contributed by atoms with van der Waals surface area (Å²) in [5.41, 5.74) is 22.2. The van der Waals surface area contributed by atoms with Gasteiger partial charge in [0.1, 0.15) is 0 Å². The van der Waals surface area contributed by atoms with Crippen LogP contribution >= 0.6 is 0 Å². The molecule has 0 heterocycles. The molecule has 0 N–H and O–H groups in total. The summed E-state index contributed by atoms with van der Waals surface area (Å²) in [4.78, 5) is 2.51. The maximum atomic E-state index is 2.51. The molecule has 0 spiro atoms. The number of benzene rings is 8. The molecular formula is C57H47N. The molecule has 0 saturated heterocycles. The summed E-state index contributed by atoms with van der Waals surface area (Å²) in [6.45, 7) is 4.76. The molecule has 1 nitrogen and oxygen atoms in total. The van der Waals surface area contributed by atoms with Gasteiger partial charge in [0, 0.05) is 22.2 Å². The van der Waals surface area contributed by atoms with Crippen molar-refractivity contribution in [2.75, 3.05) is 4.90 Å². The Labute approximate surface area is 343 Å². The summed E-state index contributed by atoms with van der Waals surface area (Å²) in [6.07, 6.45) is 5.05. The van der Waals surface area contributed by atoms with Gasteiger partial charge in [-0.1, -0.05) is 178 Å². The van der Waals surface area contributed by atoms with E-state index in [9.17, 15) is 0 Å². The standard InChI is InChI=1S/C57H47N/c1-57(2)52-27-11-8-21-47(52)51-26-15-24-46(56(51)57)40-32-34-43(35-33-40)58(53-28-12-9-20-45(53)39-16-4-3-5-17-39)54-29-13-10-22-48(54)50-25-14-18-42-37-38-30-31-41(36-38)44-19-6-7-23-49(44)55(42)50/h3-29,32-35,38,41H,30-31,36-37H2,1-2H3. The minimum absolute atomic E-state index is 0.0916. The van der Waals surface area contributed by atoms with Gasteiger partial charge in [0.15, 0.2) is 0 Å². The first-order chi connectivity index (χ1) is 28.5. The van der Waals surface area contributed by atoms with Crippen LogP contribution in [0.15, 0.2) is 188 Å². The Balaban J connectivity index is 1.11. The van der Waals surface area contributed by atoms with Crippen LogP contribution < -0.4 is 4.90 Å². The Morgan fingerprint density at radius 3 is 1.84 bits per heavy atom. The molecule has 280 valence electrons. The van der Waals surface area contributed by atoms with Crippen molar-refractivity contribution in [3.63, 3.8) is 0 Å². The first-order valence-electron chi connectivity index (χ1n) is 21.1. The lowest BCUT2D eigenvalue weighted by Crippen LogP contribution is -2.16. The second-order valence-electron chi connectivity index (χ2n) is 17.2. The SMILES string of the molecule is CC1(C)c2ccccc2-c2cccc(-c3ccc(N(c4ccccc4-c4ccccc4)c4ccccc4-c4cccc5c4-c4ccccc4C4CCC(C5)C4)cc3)c21. The lowest BCUT2D eigenvalue weighted by molar-refractivity contribution is 0.534. The quantitative estimate of drug-likeness (QED) is 0.164. The lowest BCUT2D eigenvalue weighted by Gasteiger charge is -2.31. The first kappa shape index (κ1) is 34.8. The summed E-state index contributed by atoms with van der Waals surface area (Å²) < 4.78 is 0. The molecule has 1 heteroatoms. The van der Waals surface area contributed by atoms with Gasteiger partial charge in [0.2, 0.25) is 0 Å². The highest BCUT2D eigenvalue weighted by atomic mass is 15.1. The van der Waals surface area contributed by atoms with Crippen LogP contribution in [0.4, 0.5) is 17.1 Å². The summed E-state index contributed by atoms with van der Waals surface area (Å²) in [6, 6.07) is 70.4. The number of hydrogen-bond donors (Lipinski definition) is 0. The molecule has 2 unspecified atom stereocenters. The molecule has 0 aliphatic heterocycles. The van der Waals surface area contributed by atoms with Crippen molar-refractivity contribution in [1.29, 1.82) is 0 Å². The average Bonchev–Trinajstić information content (AvgIpc) is 3.85. The molecular weight excluding hydrogens is 699 g/mol. The van der Waals surface area contributed by atoms with E-state index in [2.05, 4.69) is 207 Å². The van der Waals surface area contributed by atoms with Crippen molar-refractivity contribution in [2.24, 2.45) is 5.92 Å². The van der Waals surface area contributed by atoms with Gasteiger partial charge in [-0.25, -0.2) is 0 Å². The molecule has 2 bridgehead atoms. The van der Waals surface area contributed by atoms with Crippen LogP contribution in [0.25, 0.3) is 55.6 Å². The Morgan fingerprint density at radius 2 is 1.03 bits per heavy atom. The zero-order valence-corrected chi connectivity index (χ0v) is 33.3. The van der Waals surface area contributed by atoms with Crippen LogP contribution in [-0.4, -0.2) is 0 Å². The van der Waals surface area contributed by atoms with Gasteiger partial charge in [-0.05, 0) is 129 Å². The highest BCUT2D eigenvalue weighted by Crippen LogP contribution is 2.54. The molecule has 0 radical (unpaired) electrons. The lowest BCUT2D eigenvalue weighted by atomic mass is 9.79. The highest BCUT2D eigenvalue weighted by Gasteiger charge is 2.37. The Bertz CT molecular complexity index is 2830. The third-order valence-corrected chi connectivity index (χ3v) is 13.6. The maximum absolute atomic E-state index is 2.51. The predicted molar refractivity (Wildman–Crippen MR) is 244 cm³/mol. The van der Waals surface area contributed by atoms with Gasteiger partial charge >= 0.3 is 0 Å². The van der Waals surface area contributed by atoms with Crippen molar-refractivity contribution in [3.8, 4) is 55.6 Å². The minimum atomic E-state index is -0.0916. The van der Waals surface area contributed by atoms with Crippen molar-refractivity contribution in [2.45, 2.75) is 50.9 Å². The molecule has 3 aliphatic carbocycles. The average molecular weight is 746 g/mol. The zero-order chi connectivity index (χ0) is 38.8. The number of hydrogen-bond acceptors (Lipinski definition) is 1. The molecule has 3 aliphatic rings. The van der Waals surface area contributed by atoms with Crippen LogP contribution in [0.2, 0.25) is 0 Å². The van der Waals surface area contributed by atoms with E-state index in [4.69, 9.17) is 0 Å². The van der Waals surface area contributed by atoms with E-state index in [1.807, 2.05) is 0 Å². The molecule has 0 aromatic heterocycles. The highest BCUT2D eigenvalue weighted by molar-refractivity contribution is 5.98. The van der Waals surface area contributed by atoms with Crippen LogP contribution in [0, 0.1) is 5.92 Å². The van der Waals surface area contributed by atoms with Crippen LogP contribution in [0.5, 0.6) is 0 Å². The van der Waals surface area contributed by atoms with E-state index in [0.29, 0.717) is 5.92 Å². The molecule has 2 atom stereocenters. The molecule has 0 amide bonds. The number of para-hydroxylation sites is 2. The normalized spacial score (nSPS) is 17.0. The molecule has 11 rings (SSSR count). The summed E-state index contributed by atoms with van der Waals surface area (Å²) in [7, 11) is 0. The Hall–Kier alpha value is -6.44. The van der Waals surface area contributed by atoms with Crippen molar-refractivity contribution in [1.82, 2.24) is 0 Å². The molecule has 8 aromatic rings. The van der Waals surface area contributed by atoms with Gasteiger partial charge in [0.05, 0.1) is 11.4 Å². The topological polar surface area (TPSA) is 3.24 Å². The maximum Gasteiger partial charge on any atom is 0.0540 e. The van der Waals surface area contributed by atoms with E-state index in [1.165, 1.54) is 103 Å². The van der Waals surface area contributed by atoms with E-state index >= 15 is 0 Å². The number of rotatable bonds is 6. The summed E-state index contributed by atoms with van der Waals surface area (Å²) >= 11 is 0. The van der Waals surface area contributed by atoms with Gasteiger partial charge in [-0.15, -0.1) is 0 Å². The Morgan fingerprint density at radius 1 is 0.448 bits per heavy atom. The predicted octanol–water partition coefficient (Wildman–Crippen LogP) is 15.6. The van der Waals surface area contributed by atoms with Crippen LogP contribution in [-0.2, 0) is 11.8 Å². The summed E-state index contributed by atoms with van der Waals surface area (Å²) in [5.74, 6) is 1.37. The first-order valence-corrected chi connectivity index (χ1v) is 21.1. The number of fused-ring (bicyclic) bond motifs is 9. The largest absolute Gasteiger partial charge is 0.309 e. The third-order valence-electron chi connectivity index (χ3n) is 13.6. The minimum Gasteiger partial charge on any atom is -0.309 e. The monoisotopic (exact) mass is 745 g/mol. The second-order valence-corrected chi connectivity index (χ2v) is 17.2. The van der Waals surface area contributed by atoms with Gasteiger partial charge in [-0.3, -0.25) is 0 Å². The number of anilines is 3. The number of nitrogens with zero attached hydrogens (tertiary/aromatic N) is 1. The molecule has 1 saturated carbocycles. The van der Waals surface area contributed by atoms with Gasteiger partial charge in [-0.2, -0.15) is 0 Å². The van der Waals surface area contributed by atoms with E-state index in [-0.39, 0.29) is 5.41 Å². The summed E-state index contributed by atoms with van der Waals surface area (Å²) in [5, 5.41) is 0. The van der Waals surface area contributed by atoms with E-state index < -0.39 is 0 Å². The fourth-order valence-electron chi connectivity index (χ4n) is 11.0. The fourth-order valence-corrected chi connectivity index (χ4v) is 11.0. The molecule has 8 aromatic carbocycles. The fraction of sp³-hybridized carbons (Fsp3) is 0.158. The van der Waals surface area contributed by atoms with Crippen molar-refractivity contribution in [3.05, 3.63) is 210 Å². The van der Waals surface area contributed by atoms with E-state index in [0.717, 1.165) is 23.7 Å². The van der Waals surface area contributed by atoms with Gasteiger partial charge in [0.25, 0.3) is 0 Å². The smallest absolute Gasteiger partial charge is 0.0540 e.